The lowest BCUT2D eigenvalue weighted by molar-refractivity contribution is 0.0262. The topological polar surface area (TPSA) is 26.3 Å². The van der Waals surface area contributed by atoms with Crippen molar-refractivity contribution in [2.24, 2.45) is 0 Å². The van der Waals surface area contributed by atoms with Gasteiger partial charge < -0.3 is 4.74 Å². The molecule has 1 atom stereocenters. The Morgan fingerprint density at radius 3 is 2.07 bits per heavy atom. The second-order valence-corrected chi connectivity index (χ2v) is 7.77. The molecule has 2 nitrogen and oxygen atoms in total. The molecular formula is C23H36ClFO2. The molecule has 0 fully saturated rings. The highest BCUT2D eigenvalue weighted by atomic mass is 35.5. The van der Waals surface area contributed by atoms with Gasteiger partial charge in [-0.2, -0.15) is 0 Å². The normalized spacial score (nSPS) is 12.1. The van der Waals surface area contributed by atoms with Gasteiger partial charge in [0, 0.05) is 0 Å². The average molecular weight is 399 g/mol. The number of unbranched alkanes of at least 4 members (excludes halogenated alkanes) is 10. The van der Waals surface area contributed by atoms with Crippen molar-refractivity contribution in [2.75, 3.05) is 0 Å². The lowest BCUT2D eigenvalue weighted by Gasteiger charge is -2.16. The Hall–Kier alpha value is -1.09. The van der Waals surface area contributed by atoms with Crippen LogP contribution in [0.5, 0.6) is 0 Å². The van der Waals surface area contributed by atoms with Crippen LogP contribution in [0.2, 0.25) is 5.02 Å². The first-order chi connectivity index (χ1) is 13.1. The summed E-state index contributed by atoms with van der Waals surface area (Å²) in [6.07, 6.45) is 15.6. The minimum absolute atomic E-state index is 0.0529. The largest absolute Gasteiger partial charge is 0.459 e. The van der Waals surface area contributed by atoms with E-state index in [-0.39, 0.29) is 16.7 Å². The second-order valence-electron chi connectivity index (χ2n) is 7.36. The van der Waals surface area contributed by atoms with Gasteiger partial charge in [-0.25, -0.2) is 9.18 Å². The quantitative estimate of drug-likeness (QED) is 0.220. The standard InChI is InChI=1S/C23H36ClFO2/c1-3-5-6-7-8-9-10-11-12-13-14-16-19(4-2)27-23(26)20-17-15-18-21(24)22(20)25/h15,17-19H,3-14,16H2,1-2H3. The third kappa shape index (κ3) is 10.1. The number of halogens is 2. The molecular weight excluding hydrogens is 363 g/mol. The van der Waals surface area contributed by atoms with E-state index in [1.807, 2.05) is 6.92 Å². The molecule has 0 N–H and O–H groups in total. The van der Waals surface area contributed by atoms with Crippen LogP contribution in [0.15, 0.2) is 18.2 Å². The third-order valence-corrected chi connectivity index (χ3v) is 5.32. The van der Waals surface area contributed by atoms with E-state index in [2.05, 4.69) is 6.92 Å². The molecule has 154 valence electrons. The van der Waals surface area contributed by atoms with Crippen LogP contribution in [0.25, 0.3) is 0 Å². The molecule has 1 unspecified atom stereocenters. The number of rotatable bonds is 15. The molecule has 0 radical (unpaired) electrons. The Kier molecular flexibility index (Phi) is 13.2. The number of esters is 1. The molecule has 27 heavy (non-hydrogen) atoms. The lowest BCUT2D eigenvalue weighted by Crippen LogP contribution is -2.18. The van der Waals surface area contributed by atoms with Crippen LogP contribution in [0, 0.1) is 5.82 Å². The highest BCUT2D eigenvalue weighted by Gasteiger charge is 2.19. The predicted octanol–water partition coefficient (Wildman–Crippen LogP) is 8.12. The maximum absolute atomic E-state index is 13.9. The van der Waals surface area contributed by atoms with Crippen LogP contribution in [0.3, 0.4) is 0 Å². The van der Waals surface area contributed by atoms with Crippen molar-refractivity contribution < 1.29 is 13.9 Å². The Labute approximate surface area is 169 Å². The van der Waals surface area contributed by atoms with Gasteiger partial charge in [-0.05, 0) is 31.4 Å². The molecule has 0 spiro atoms. The Morgan fingerprint density at radius 2 is 1.52 bits per heavy atom. The smallest absolute Gasteiger partial charge is 0.341 e. The van der Waals surface area contributed by atoms with E-state index in [0.717, 1.165) is 25.7 Å². The SMILES string of the molecule is CCCCCCCCCCCCCC(CC)OC(=O)c1cccc(Cl)c1F. The number of hydrogen-bond donors (Lipinski definition) is 0. The summed E-state index contributed by atoms with van der Waals surface area (Å²) in [6, 6.07) is 4.40. The second kappa shape index (κ2) is 14.9. The molecule has 0 bridgehead atoms. The van der Waals surface area contributed by atoms with Gasteiger partial charge in [0.2, 0.25) is 0 Å². The van der Waals surface area contributed by atoms with Crippen molar-refractivity contribution >= 4 is 17.6 Å². The first-order valence-corrected chi connectivity index (χ1v) is 11.1. The summed E-state index contributed by atoms with van der Waals surface area (Å²) in [7, 11) is 0. The van der Waals surface area contributed by atoms with Gasteiger partial charge in [0.15, 0.2) is 5.82 Å². The molecule has 1 aromatic rings. The van der Waals surface area contributed by atoms with Crippen molar-refractivity contribution in [1.29, 1.82) is 0 Å². The molecule has 0 aliphatic rings. The maximum atomic E-state index is 13.9. The molecule has 4 heteroatoms. The fourth-order valence-electron chi connectivity index (χ4n) is 3.26. The summed E-state index contributed by atoms with van der Waals surface area (Å²) in [5, 5.41) is -0.0529. The highest BCUT2D eigenvalue weighted by Crippen LogP contribution is 2.20. The number of carbonyl (C=O) groups is 1. The van der Waals surface area contributed by atoms with Gasteiger partial charge in [0.25, 0.3) is 0 Å². The van der Waals surface area contributed by atoms with Gasteiger partial charge in [0.05, 0.1) is 10.6 Å². The zero-order chi connectivity index (χ0) is 19.9. The first kappa shape index (κ1) is 23.9. The van der Waals surface area contributed by atoms with Gasteiger partial charge in [-0.1, -0.05) is 95.7 Å². The Morgan fingerprint density at radius 1 is 0.963 bits per heavy atom. The van der Waals surface area contributed by atoms with Gasteiger partial charge in [-0.3, -0.25) is 0 Å². The fraction of sp³-hybridized carbons (Fsp3) is 0.696. The Bertz CT molecular complexity index is 533. The molecule has 0 aliphatic heterocycles. The molecule has 1 aromatic carbocycles. The van der Waals surface area contributed by atoms with Crippen molar-refractivity contribution in [3.05, 3.63) is 34.6 Å². The molecule has 0 heterocycles. The summed E-state index contributed by atoms with van der Waals surface area (Å²) in [5.74, 6) is -1.32. The number of benzene rings is 1. The molecule has 0 saturated heterocycles. The molecule has 0 aliphatic carbocycles. The van der Waals surface area contributed by atoms with E-state index in [0.29, 0.717) is 0 Å². The van der Waals surface area contributed by atoms with Crippen molar-refractivity contribution in [3.8, 4) is 0 Å². The van der Waals surface area contributed by atoms with Crippen LogP contribution in [0.4, 0.5) is 4.39 Å². The molecule has 0 amide bonds. The van der Waals surface area contributed by atoms with E-state index in [9.17, 15) is 9.18 Å². The van der Waals surface area contributed by atoms with Gasteiger partial charge in [-0.15, -0.1) is 0 Å². The van der Waals surface area contributed by atoms with Crippen molar-refractivity contribution in [3.63, 3.8) is 0 Å². The van der Waals surface area contributed by atoms with Crippen LogP contribution in [0.1, 0.15) is 108 Å². The first-order valence-electron chi connectivity index (χ1n) is 10.7. The summed E-state index contributed by atoms with van der Waals surface area (Å²) in [5.41, 5.74) is -0.0834. The fourth-order valence-corrected chi connectivity index (χ4v) is 3.43. The number of hydrogen-bond acceptors (Lipinski definition) is 2. The molecule has 0 aromatic heterocycles. The maximum Gasteiger partial charge on any atom is 0.341 e. The minimum atomic E-state index is -0.700. The monoisotopic (exact) mass is 398 g/mol. The molecule has 0 saturated carbocycles. The van der Waals surface area contributed by atoms with Gasteiger partial charge >= 0.3 is 5.97 Å². The van der Waals surface area contributed by atoms with Crippen LogP contribution in [-0.2, 0) is 4.74 Å². The van der Waals surface area contributed by atoms with Crippen molar-refractivity contribution in [2.45, 2.75) is 103 Å². The third-order valence-electron chi connectivity index (χ3n) is 5.03. The van der Waals surface area contributed by atoms with Crippen LogP contribution in [-0.4, -0.2) is 12.1 Å². The van der Waals surface area contributed by atoms with E-state index < -0.39 is 11.8 Å². The minimum Gasteiger partial charge on any atom is -0.459 e. The van der Waals surface area contributed by atoms with Crippen molar-refractivity contribution in [1.82, 2.24) is 0 Å². The van der Waals surface area contributed by atoms with Gasteiger partial charge in [0.1, 0.15) is 6.10 Å². The van der Waals surface area contributed by atoms with E-state index >= 15 is 0 Å². The summed E-state index contributed by atoms with van der Waals surface area (Å²) in [4.78, 5) is 12.2. The van der Waals surface area contributed by atoms with Crippen LogP contribution < -0.4 is 0 Å². The molecule has 1 rings (SSSR count). The summed E-state index contributed by atoms with van der Waals surface area (Å²) >= 11 is 5.73. The number of carbonyl (C=O) groups excluding carboxylic acids is 1. The number of ether oxygens (including phenoxy) is 1. The predicted molar refractivity (Wildman–Crippen MR) is 112 cm³/mol. The van der Waals surface area contributed by atoms with E-state index in [4.69, 9.17) is 16.3 Å². The summed E-state index contributed by atoms with van der Waals surface area (Å²) < 4.78 is 19.4. The lowest BCUT2D eigenvalue weighted by atomic mass is 10.0. The zero-order valence-electron chi connectivity index (χ0n) is 17.1. The summed E-state index contributed by atoms with van der Waals surface area (Å²) in [6.45, 7) is 4.24. The van der Waals surface area contributed by atoms with Crippen LogP contribution >= 0.6 is 11.6 Å². The average Bonchev–Trinajstić information content (AvgIpc) is 2.67. The highest BCUT2D eigenvalue weighted by molar-refractivity contribution is 6.31. The van der Waals surface area contributed by atoms with E-state index in [1.54, 1.807) is 6.07 Å². The van der Waals surface area contributed by atoms with E-state index in [1.165, 1.54) is 69.9 Å². The zero-order valence-corrected chi connectivity index (χ0v) is 17.8. The Balaban J connectivity index is 2.14.